The number of aryl methyl sites for hydroxylation is 1. The average Bonchev–Trinajstić information content (AvgIpc) is 2.15. The lowest BCUT2D eigenvalue weighted by molar-refractivity contribution is 0.0697. The molecule has 0 spiro atoms. The molecule has 0 atom stereocenters. The minimum atomic E-state index is -0.928. The van der Waals surface area contributed by atoms with Crippen LogP contribution in [0.2, 0.25) is 0 Å². The van der Waals surface area contributed by atoms with Crippen LogP contribution in [0.3, 0.4) is 0 Å². The van der Waals surface area contributed by atoms with E-state index < -0.39 is 5.97 Å². The molecule has 1 heterocycles. The summed E-state index contributed by atoms with van der Waals surface area (Å²) in [6.45, 7) is 4.06. The van der Waals surface area contributed by atoms with E-state index >= 15 is 0 Å². The lowest BCUT2D eigenvalue weighted by Crippen LogP contribution is -2.34. The topological polar surface area (TPSA) is 62.2 Å². The summed E-state index contributed by atoms with van der Waals surface area (Å²) >= 11 is 0. The standard InChI is InChI=1S/C12H16N2O2/c1-7-3-9(4-7)14-11-5-8(2)13-6-10(11)12(15)16/h5-7,9H,3-4H2,1-2H3,(H,13,14)(H,15,16). The fourth-order valence-corrected chi connectivity index (χ4v) is 2.09. The van der Waals surface area contributed by atoms with Crippen LogP contribution in [-0.2, 0) is 0 Å². The number of nitrogens with one attached hydrogen (secondary N) is 1. The Bertz CT molecular complexity index is 411. The van der Waals surface area contributed by atoms with Gasteiger partial charge in [0.1, 0.15) is 5.56 Å². The van der Waals surface area contributed by atoms with Gasteiger partial charge >= 0.3 is 5.97 Å². The third kappa shape index (κ3) is 2.15. The van der Waals surface area contributed by atoms with Gasteiger partial charge in [0.25, 0.3) is 0 Å². The number of pyridine rings is 1. The van der Waals surface area contributed by atoms with Crippen LogP contribution in [0.5, 0.6) is 0 Å². The van der Waals surface area contributed by atoms with Crippen LogP contribution in [0.25, 0.3) is 0 Å². The summed E-state index contributed by atoms with van der Waals surface area (Å²) in [4.78, 5) is 15.0. The number of anilines is 1. The lowest BCUT2D eigenvalue weighted by Gasteiger charge is -2.34. The van der Waals surface area contributed by atoms with Crippen LogP contribution in [0.15, 0.2) is 12.3 Å². The molecule has 2 N–H and O–H groups in total. The summed E-state index contributed by atoms with van der Waals surface area (Å²) in [6, 6.07) is 2.21. The van der Waals surface area contributed by atoms with Crippen molar-refractivity contribution in [3.63, 3.8) is 0 Å². The Morgan fingerprint density at radius 2 is 2.25 bits per heavy atom. The van der Waals surface area contributed by atoms with Gasteiger partial charge in [-0.05, 0) is 31.7 Å². The SMILES string of the molecule is Cc1cc(NC2CC(C)C2)c(C(=O)O)cn1. The predicted octanol–water partition coefficient (Wildman–Crippen LogP) is 2.30. The Balaban J connectivity index is 2.17. The van der Waals surface area contributed by atoms with Gasteiger partial charge in [-0.3, -0.25) is 4.98 Å². The smallest absolute Gasteiger partial charge is 0.339 e. The van der Waals surface area contributed by atoms with E-state index in [9.17, 15) is 4.79 Å². The van der Waals surface area contributed by atoms with E-state index in [-0.39, 0.29) is 5.56 Å². The molecule has 1 saturated carbocycles. The molecule has 4 nitrogen and oxygen atoms in total. The molecule has 0 bridgehead atoms. The van der Waals surface area contributed by atoms with Gasteiger partial charge in [-0.15, -0.1) is 0 Å². The van der Waals surface area contributed by atoms with Gasteiger partial charge < -0.3 is 10.4 Å². The summed E-state index contributed by atoms with van der Waals surface area (Å²) in [5.41, 5.74) is 1.78. The van der Waals surface area contributed by atoms with E-state index in [2.05, 4.69) is 17.2 Å². The van der Waals surface area contributed by atoms with Crippen molar-refractivity contribution in [1.82, 2.24) is 4.98 Å². The minimum Gasteiger partial charge on any atom is -0.478 e. The van der Waals surface area contributed by atoms with E-state index in [1.165, 1.54) is 6.20 Å². The Morgan fingerprint density at radius 1 is 1.56 bits per heavy atom. The first-order chi connectivity index (χ1) is 7.56. The molecule has 1 fully saturated rings. The van der Waals surface area contributed by atoms with Crippen molar-refractivity contribution in [3.05, 3.63) is 23.5 Å². The van der Waals surface area contributed by atoms with Crippen LogP contribution in [-0.4, -0.2) is 22.1 Å². The molecular weight excluding hydrogens is 204 g/mol. The van der Waals surface area contributed by atoms with E-state index in [0.29, 0.717) is 11.7 Å². The van der Waals surface area contributed by atoms with Gasteiger partial charge in [0.05, 0.1) is 5.69 Å². The first kappa shape index (κ1) is 10.9. The van der Waals surface area contributed by atoms with Crippen LogP contribution >= 0.6 is 0 Å². The number of aromatic carboxylic acids is 1. The van der Waals surface area contributed by atoms with Crippen molar-refractivity contribution < 1.29 is 9.90 Å². The second-order valence-corrected chi connectivity index (χ2v) is 4.59. The summed E-state index contributed by atoms with van der Waals surface area (Å²) in [6.07, 6.45) is 3.64. The van der Waals surface area contributed by atoms with E-state index in [4.69, 9.17) is 5.11 Å². The molecule has 1 aromatic heterocycles. The van der Waals surface area contributed by atoms with Crippen LogP contribution in [0, 0.1) is 12.8 Å². The maximum atomic E-state index is 11.0. The van der Waals surface area contributed by atoms with E-state index in [1.807, 2.05) is 6.92 Å². The fraction of sp³-hybridized carbons (Fsp3) is 0.500. The number of hydrogen-bond donors (Lipinski definition) is 2. The number of nitrogens with zero attached hydrogens (tertiary/aromatic N) is 1. The molecule has 0 radical (unpaired) electrons. The van der Waals surface area contributed by atoms with Crippen LogP contribution in [0.1, 0.15) is 35.8 Å². The fourth-order valence-electron chi connectivity index (χ4n) is 2.09. The molecule has 0 aromatic carbocycles. The van der Waals surface area contributed by atoms with Gasteiger partial charge in [-0.2, -0.15) is 0 Å². The zero-order valence-electron chi connectivity index (χ0n) is 9.53. The molecule has 4 heteroatoms. The second-order valence-electron chi connectivity index (χ2n) is 4.59. The molecule has 1 aromatic rings. The molecule has 0 unspecified atom stereocenters. The Kier molecular flexibility index (Phi) is 2.81. The molecule has 0 saturated heterocycles. The third-order valence-corrected chi connectivity index (χ3v) is 3.00. The van der Waals surface area contributed by atoms with Gasteiger partial charge in [0.15, 0.2) is 0 Å². The summed E-state index contributed by atoms with van der Waals surface area (Å²) in [5, 5.41) is 12.3. The highest BCUT2D eigenvalue weighted by molar-refractivity contribution is 5.93. The number of carbonyl (C=O) groups is 1. The number of hydrogen-bond acceptors (Lipinski definition) is 3. The first-order valence-electron chi connectivity index (χ1n) is 5.52. The minimum absolute atomic E-state index is 0.255. The first-order valence-corrected chi connectivity index (χ1v) is 5.52. The molecule has 86 valence electrons. The van der Waals surface area contributed by atoms with Crippen molar-refractivity contribution >= 4 is 11.7 Å². The second kappa shape index (κ2) is 4.12. The third-order valence-electron chi connectivity index (χ3n) is 3.00. The molecule has 1 aliphatic carbocycles. The highest BCUT2D eigenvalue weighted by Crippen LogP contribution is 2.30. The van der Waals surface area contributed by atoms with Gasteiger partial charge in [-0.1, -0.05) is 6.92 Å². The normalized spacial score (nSPS) is 23.6. The average molecular weight is 220 g/mol. The quantitative estimate of drug-likeness (QED) is 0.820. The van der Waals surface area contributed by atoms with Crippen molar-refractivity contribution in [1.29, 1.82) is 0 Å². The Hall–Kier alpha value is -1.58. The summed E-state index contributed by atoms with van der Waals surface area (Å²) in [7, 11) is 0. The zero-order valence-corrected chi connectivity index (χ0v) is 9.53. The lowest BCUT2D eigenvalue weighted by atomic mass is 9.81. The van der Waals surface area contributed by atoms with Crippen LogP contribution in [0.4, 0.5) is 5.69 Å². The molecule has 16 heavy (non-hydrogen) atoms. The molecule has 1 aliphatic rings. The summed E-state index contributed by atoms with van der Waals surface area (Å²) in [5.74, 6) is -0.184. The van der Waals surface area contributed by atoms with E-state index in [1.54, 1.807) is 6.07 Å². The molecule has 0 amide bonds. The van der Waals surface area contributed by atoms with E-state index in [0.717, 1.165) is 24.5 Å². The van der Waals surface area contributed by atoms with Gasteiger partial charge in [-0.25, -0.2) is 4.79 Å². The van der Waals surface area contributed by atoms with Gasteiger partial charge in [0.2, 0.25) is 0 Å². The Morgan fingerprint density at radius 3 is 2.81 bits per heavy atom. The van der Waals surface area contributed by atoms with Crippen molar-refractivity contribution in [2.24, 2.45) is 5.92 Å². The van der Waals surface area contributed by atoms with Crippen molar-refractivity contribution in [2.45, 2.75) is 32.7 Å². The maximum Gasteiger partial charge on any atom is 0.339 e. The van der Waals surface area contributed by atoms with Crippen molar-refractivity contribution in [3.8, 4) is 0 Å². The molecule has 2 rings (SSSR count). The highest BCUT2D eigenvalue weighted by Gasteiger charge is 2.26. The Labute approximate surface area is 94.7 Å². The zero-order chi connectivity index (χ0) is 11.7. The van der Waals surface area contributed by atoms with Crippen molar-refractivity contribution in [2.75, 3.05) is 5.32 Å². The molecular formula is C12H16N2O2. The summed E-state index contributed by atoms with van der Waals surface area (Å²) < 4.78 is 0. The highest BCUT2D eigenvalue weighted by atomic mass is 16.4. The molecule has 0 aliphatic heterocycles. The van der Waals surface area contributed by atoms with Gasteiger partial charge in [0, 0.05) is 17.9 Å². The number of carboxylic acids is 1. The predicted molar refractivity (Wildman–Crippen MR) is 61.7 cm³/mol. The monoisotopic (exact) mass is 220 g/mol. The number of carboxylic acid groups (broad SMARTS) is 1. The number of rotatable bonds is 3. The number of aromatic nitrogens is 1. The largest absolute Gasteiger partial charge is 0.478 e. The maximum absolute atomic E-state index is 11.0. The van der Waals surface area contributed by atoms with Crippen LogP contribution < -0.4 is 5.32 Å².